The first-order valence-corrected chi connectivity index (χ1v) is 17.2. The van der Waals surface area contributed by atoms with E-state index < -0.39 is 0 Å². The number of hydrogen-bond acceptors (Lipinski definition) is 5. The van der Waals surface area contributed by atoms with Crippen LogP contribution >= 0.6 is 0 Å². The lowest BCUT2D eigenvalue weighted by Gasteiger charge is -2.15. The molecule has 0 atom stereocenters. The van der Waals surface area contributed by atoms with Gasteiger partial charge in [0.05, 0.1) is 0 Å². The molecule has 0 unspecified atom stereocenters. The van der Waals surface area contributed by atoms with Gasteiger partial charge in [-0.25, -0.2) is 15.0 Å². The monoisotopic (exact) mass is 645 g/mol. The van der Waals surface area contributed by atoms with Crippen molar-refractivity contribution in [3.05, 3.63) is 156 Å². The molecule has 0 radical (unpaired) electrons. The van der Waals surface area contributed by atoms with Crippen LogP contribution in [0, 0.1) is 0 Å². The fraction of sp³-hybridized carbons (Fsp3) is 0.0889. The number of benzene rings is 5. The Bertz CT molecular complexity index is 2690. The van der Waals surface area contributed by atoms with Crippen molar-refractivity contribution >= 4 is 50.1 Å². The van der Waals surface area contributed by atoms with Gasteiger partial charge in [-0.3, -0.25) is 0 Å². The van der Waals surface area contributed by atoms with Crippen molar-refractivity contribution < 1.29 is 8.83 Å². The lowest BCUT2D eigenvalue weighted by atomic mass is 9.89. The van der Waals surface area contributed by atoms with Gasteiger partial charge >= 0.3 is 0 Å². The summed E-state index contributed by atoms with van der Waals surface area (Å²) in [4.78, 5) is 15.3. The first-order valence-electron chi connectivity index (χ1n) is 17.2. The van der Waals surface area contributed by atoms with E-state index in [1.807, 2.05) is 54.6 Å². The number of furan rings is 2. The Morgan fingerprint density at radius 3 is 1.96 bits per heavy atom. The van der Waals surface area contributed by atoms with Crippen molar-refractivity contribution in [2.24, 2.45) is 0 Å². The maximum absolute atomic E-state index is 6.71. The number of allylic oxidation sites excluding steroid dienone is 5. The van der Waals surface area contributed by atoms with Crippen LogP contribution in [0.15, 0.2) is 142 Å². The van der Waals surface area contributed by atoms with Gasteiger partial charge in [0.25, 0.3) is 0 Å². The topological polar surface area (TPSA) is 65.0 Å². The third kappa shape index (κ3) is 4.81. The first-order chi connectivity index (χ1) is 24.8. The lowest BCUT2D eigenvalue weighted by molar-refractivity contribution is 0.547. The molecule has 0 saturated heterocycles. The Balaban J connectivity index is 1.16. The number of rotatable bonds is 5. The minimum atomic E-state index is 0.611. The smallest absolute Gasteiger partial charge is 0.164 e. The molecule has 2 aliphatic carbocycles. The van der Waals surface area contributed by atoms with Crippen LogP contribution in [0.5, 0.6) is 0 Å². The summed E-state index contributed by atoms with van der Waals surface area (Å²) in [5, 5.41) is 3.18. The Kier molecular flexibility index (Phi) is 6.69. The van der Waals surface area contributed by atoms with E-state index in [-0.39, 0.29) is 0 Å². The van der Waals surface area contributed by atoms with Gasteiger partial charge in [-0.05, 0) is 60.2 Å². The average Bonchev–Trinajstić information content (AvgIpc) is 3.77. The summed E-state index contributed by atoms with van der Waals surface area (Å²) in [5.41, 5.74) is 11.3. The van der Waals surface area contributed by atoms with Crippen molar-refractivity contribution in [1.82, 2.24) is 15.0 Å². The van der Waals surface area contributed by atoms with Crippen LogP contribution in [0.25, 0.3) is 84.3 Å². The van der Waals surface area contributed by atoms with E-state index in [4.69, 9.17) is 23.8 Å². The van der Waals surface area contributed by atoms with E-state index in [2.05, 4.69) is 85.0 Å². The number of aromatic nitrogens is 3. The second kappa shape index (κ2) is 11.7. The summed E-state index contributed by atoms with van der Waals surface area (Å²) in [6.07, 6.45) is 12.9. The molecule has 5 nitrogen and oxygen atoms in total. The largest absolute Gasteiger partial charge is 0.460 e. The summed E-state index contributed by atoms with van der Waals surface area (Å²) in [7, 11) is 0. The van der Waals surface area contributed by atoms with Crippen LogP contribution in [-0.4, -0.2) is 15.0 Å². The summed E-state index contributed by atoms with van der Waals surface area (Å²) < 4.78 is 12.9. The molecule has 0 spiro atoms. The van der Waals surface area contributed by atoms with Crippen LogP contribution in [0.2, 0.25) is 0 Å². The molecule has 2 aliphatic rings. The highest BCUT2D eigenvalue weighted by molar-refractivity contribution is 6.15. The fourth-order valence-electron chi connectivity index (χ4n) is 7.42. The molecule has 0 fully saturated rings. The molecule has 0 amide bonds. The van der Waals surface area contributed by atoms with E-state index in [9.17, 15) is 0 Å². The van der Waals surface area contributed by atoms with Crippen LogP contribution in [0.1, 0.15) is 41.7 Å². The molecule has 3 aromatic heterocycles. The van der Waals surface area contributed by atoms with Crippen molar-refractivity contribution in [3.63, 3.8) is 0 Å². The third-order valence-corrected chi connectivity index (χ3v) is 9.90. The molecular weight excluding hydrogens is 615 g/mol. The van der Waals surface area contributed by atoms with E-state index in [1.54, 1.807) is 0 Å². The third-order valence-electron chi connectivity index (χ3n) is 9.90. The predicted molar refractivity (Wildman–Crippen MR) is 202 cm³/mol. The molecule has 8 aromatic rings. The van der Waals surface area contributed by atoms with Crippen molar-refractivity contribution in [3.8, 4) is 34.2 Å². The van der Waals surface area contributed by atoms with Gasteiger partial charge in [-0.1, -0.05) is 115 Å². The lowest BCUT2D eigenvalue weighted by Crippen LogP contribution is -2.01. The molecule has 0 aliphatic heterocycles. The summed E-state index contributed by atoms with van der Waals surface area (Å²) in [6.45, 7) is 0. The Hall–Kier alpha value is -6.33. The van der Waals surface area contributed by atoms with Crippen LogP contribution in [0.3, 0.4) is 0 Å². The Morgan fingerprint density at radius 2 is 1.18 bits per heavy atom. The highest BCUT2D eigenvalue weighted by Gasteiger charge is 2.24. The van der Waals surface area contributed by atoms with E-state index in [0.717, 1.165) is 92.2 Å². The average molecular weight is 646 g/mol. The zero-order valence-corrected chi connectivity index (χ0v) is 27.3. The maximum Gasteiger partial charge on any atom is 0.164 e. The van der Waals surface area contributed by atoms with E-state index in [1.165, 1.54) is 16.7 Å². The molecule has 5 heteroatoms. The van der Waals surface area contributed by atoms with Crippen LogP contribution in [-0.2, 0) is 6.42 Å². The second-order valence-corrected chi connectivity index (χ2v) is 13.0. The molecule has 3 heterocycles. The van der Waals surface area contributed by atoms with Crippen molar-refractivity contribution in [1.29, 1.82) is 0 Å². The highest BCUT2D eigenvalue weighted by atomic mass is 16.3. The second-order valence-electron chi connectivity index (χ2n) is 13.0. The number of para-hydroxylation sites is 2. The highest BCUT2D eigenvalue weighted by Crippen LogP contribution is 2.43. The van der Waals surface area contributed by atoms with E-state index in [0.29, 0.717) is 17.5 Å². The number of hydrogen-bond donors (Lipinski definition) is 0. The quantitative estimate of drug-likeness (QED) is 0.186. The number of nitrogens with zero attached hydrogens (tertiary/aromatic N) is 3. The minimum absolute atomic E-state index is 0.611. The number of fused-ring (bicyclic) bond motifs is 6. The van der Waals surface area contributed by atoms with Gasteiger partial charge in [-0.2, -0.15) is 0 Å². The fourth-order valence-corrected chi connectivity index (χ4v) is 7.42. The standard InChI is InChI=1S/C45H31N3O2/c1-3-11-28(12-4-1)29-19-21-31(22-20-29)44-46-43(30-13-5-2-6-14-30)47-45(48-44)36-25-24-33(42-41(36)35-16-8-10-18-39(35)50-42)32-23-26-40-37(27-32)34-15-7-9-17-38(34)49-40/h2-3,5-22,24-25,27H,1,4,23,26H2. The van der Waals surface area contributed by atoms with Crippen molar-refractivity contribution in [2.75, 3.05) is 0 Å². The van der Waals surface area contributed by atoms with Gasteiger partial charge in [0, 0.05) is 50.4 Å². The van der Waals surface area contributed by atoms with Gasteiger partial charge in [-0.15, -0.1) is 0 Å². The van der Waals surface area contributed by atoms with Crippen LogP contribution in [0.4, 0.5) is 0 Å². The summed E-state index contributed by atoms with van der Waals surface area (Å²) in [5.74, 6) is 2.91. The zero-order valence-electron chi connectivity index (χ0n) is 27.3. The van der Waals surface area contributed by atoms with Gasteiger partial charge in [0.1, 0.15) is 22.5 Å². The molecule has 0 bridgehead atoms. The molecular formula is C45H31N3O2. The Morgan fingerprint density at radius 1 is 0.520 bits per heavy atom. The summed E-state index contributed by atoms with van der Waals surface area (Å²) >= 11 is 0. The van der Waals surface area contributed by atoms with Crippen molar-refractivity contribution in [2.45, 2.75) is 25.7 Å². The molecule has 50 heavy (non-hydrogen) atoms. The van der Waals surface area contributed by atoms with Crippen LogP contribution < -0.4 is 0 Å². The van der Waals surface area contributed by atoms with Gasteiger partial charge in [0.2, 0.25) is 0 Å². The normalized spacial score (nSPS) is 14.2. The summed E-state index contributed by atoms with van der Waals surface area (Å²) in [6, 6.07) is 39.5. The first kappa shape index (κ1) is 28.7. The maximum atomic E-state index is 6.71. The molecule has 0 saturated carbocycles. The molecule has 0 N–H and O–H groups in total. The Labute approximate surface area is 289 Å². The molecule has 5 aromatic carbocycles. The molecule has 10 rings (SSSR count). The SMILES string of the molecule is C1=CC(c2ccc(-c3nc(-c4ccccc4)nc(-c4ccc(C5=Cc6c(oc7ccccc67)CC5)c5oc6ccccc6c45)n3)cc2)=CCC1. The minimum Gasteiger partial charge on any atom is -0.460 e. The van der Waals surface area contributed by atoms with E-state index >= 15 is 0 Å². The zero-order chi connectivity index (χ0) is 33.0. The van der Waals surface area contributed by atoms with Gasteiger partial charge < -0.3 is 8.83 Å². The predicted octanol–water partition coefficient (Wildman–Crippen LogP) is 11.7. The number of aryl methyl sites for hydroxylation is 1. The van der Waals surface area contributed by atoms with Gasteiger partial charge in [0.15, 0.2) is 17.5 Å². The molecule has 238 valence electrons.